The first-order valence-electron chi connectivity index (χ1n) is 10.5. The fourth-order valence-corrected chi connectivity index (χ4v) is 4.97. The number of carbonyl (C=O) groups is 1. The third kappa shape index (κ3) is 3.16. The van der Waals surface area contributed by atoms with Crippen molar-refractivity contribution in [1.29, 1.82) is 0 Å². The molecule has 3 aromatic rings. The van der Waals surface area contributed by atoms with Crippen LogP contribution in [0.15, 0.2) is 48.8 Å². The zero-order chi connectivity index (χ0) is 20.8. The van der Waals surface area contributed by atoms with Crippen LogP contribution < -0.4 is 4.74 Å². The Bertz CT molecular complexity index is 1070. The van der Waals surface area contributed by atoms with Crippen molar-refractivity contribution in [2.75, 3.05) is 6.54 Å². The van der Waals surface area contributed by atoms with E-state index in [4.69, 9.17) is 4.74 Å². The Hall–Kier alpha value is -3.15. The summed E-state index contributed by atoms with van der Waals surface area (Å²) in [5, 5.41) is 4.36. The Morgan fingerprint density at radius 3 is 2.63 bits per heavy atom. The van der Waals surface area contributed by atoms with E-state index in [-0.39, 0.29) is 18.1 Å². The van der Waals surface area contributed by atoms with Crippen LogP contribution >= 0.6 is 0 Å². The van der Waals surface area contributed by atoms with E-state index in [1.165, 1.54) is 0 Å². The third-order valence-electron chi connectivity index (χ3n) is 6.38. The lowest BCUT2D eigenvalue weighted by molar-refractivity contribution is 0.0467. The van der Waals surface area contributed by atoms with Crippen LogP contribution in [0.3, 0.4) is 0 Å². The number of hydrogen-bond donors (Lipinski definition) is 0. The number of ether oxygens (including phenoxy) is 1. The molecule has 3 unspecified atom stereocenters. The Balaban J connectivity index is 1.42. The molecule has 0 spiro atoms. The molecule has 1 aliphatic heterocycles. The summed E-state index contributed by atoms with van der Waals surface area (Å²) in [5.74, 6) is 1.19. The molecular formula is C24H26N4O2. The minimum atomic E-state index is -0.00601. The summed E-state index contributed by atoms with van der Waals surface area (Å²) in [6.45, 7) is 4.83. The number of aryl methyl sites for hydroxylation is 3. The second kappa shape index (κ2) is 7.27. The highest BCUT2D eigenvalue weighted by Gasteiger charge is 2.48. The molecular weight excluding hydrogens is 376 g/mol. The number of fused-ring (bicyclic) bond motifs is 2. The van der Waals surface area contributed by atoms with Crippen molar-refractivity contribution in [3.63, 3.8) is 0 Å². The van der Waals surface area contributed by atoms with Crippen LogP contribution in [0.5, 0.6) is 5.88 Å². The second-order valence-electron chi connectivity index (χ2n) is 8.54. The summed E-state index contributed by atoms with van der Waals surface area (Å²) < 4.78 is 8.04. The minimum Gasteiger partial charge on any atom is -0.472 e. The number of benzene rings is 1. The molecule has 5 rings (SSSR count). The lowest BCUT2D eigenvalue weighted by Gasteiger charge is -2.33. The van der Waals surface area contributed by atoms with E-state index < -0.39 is 0 Å². The first kappa shape index (κ1) is 18.9. The highest BCUT2D eigenvalue weighted by Crippen LogP contribution is 2.41. The summed E-state index contributed by atoms with van der Waals surface area (Å²) in [7, 11) is 1.92. The average molecular weight is 402 g/mol. The van der Waals surface area contributed by atoms with Crippen molar-refractivity contribution < 1.29 is 9.53 Å². The summed E-state index contributed by atoms with van der Waals surface area (Å²) in [6.07, 6.45) is 5.63. The predicted molar refractivity (Wildman–Crippen MR) is 114 cm³/mol. The average Bonchev–Trinajstić information content (AvgIpc) is 3.43. The van der Waals surface area contributed by atoms with Gasteiger partial charge in [-0.25, -0.2) is 4.98 Å². The van der Waals surface area contributed by atoms with Crippen LogP contribution in [-0.4, -0.2) is 44.3 Å². The van der Waals surface area contributed by atoms with E-state index in [9.17, 15) is 4.79 Å². The van der Waals surface area contributed by atoms with Gasteiger partial charge in [0.1, 0.15) is 6.10 Å². The topological polar surface area (TPSA) is 60.2 Å². The van der Waals surface area contributed by atoms with Crippen molar-refractivity contribution in [2.24, 2.45) is 13.0 Å². The highest BCUT2D eigenvalue weighted by molar-refractivity contribution is 6.01. The van der Waals surface area contributed by atoms with Gasteiger partial charge in [-0.1, -0.05) is 24.3 Å². The number of aromatic nitrogens is 3. The smallest absolute Gasteiger partial charge is 0.254 e. The molecule has 154 valence electrons. The molecule has 1 amide bonds. The number of rotatable bonds is 4. The lowest BCUT2D eigenvalue weighted by Crippen LogP contribution is -2.47. The Labute approximate surface area is 176 Å². The maximum atomic E-state index is 13.6. The van der Waals surface area contributed by atoms with E-state index in [2.05, 4.69) is 10.1 Å². The molecule has 0 radical (unpaired) electrons. The first-order chi connectivity index (χ1) is 14.5. The minimum absolute atomic E-state index is 0.00601. The van der Waals surface area contributed by atoms with Crippen LogP contribution in [0.1, 0.15) is 34.3 Å². The fraction of sp³-hybridized carbons (Fsp3) is 0.375. The van der Waals surface area contributed by atoms with Crippen LogP contribution in [0.4, 0.5) is 0 Å². The number of hydrogen-bond acceptors (Lipinski definition) is 4. The molecule has 0 N–H and O–H groups in total. The van der Waals surface area contributed by atoms with Gasteiger partial charge in [0.15, 0.2) is 0 Å². The van der Waals surface area contributed by atoms with Gasteiger partial charge < -0.3 is 9.64 Å². The van der Waals surface area contributed by atoms with Gasteiger partial charge in [0.2, 0.25) is 5.88 Å². The van der Waals surface area contributed by atoms with Gasteiger partial charge in [-0.2, -0.15) is 5.10 Å². The zero-order valence-electron chi connectivity index (χ0n) is 17.6. The number of pyridine rings is 1. The molecule has 1 aromatic carbocycles. The van der Waals surface area contributed by atoms with Crippen LogP contribution in [0, 0.1) is 19.8 Å². The molecule has 30 heavy (non-hydrogen) atoms. The van der Waals surface area contributed by atoms with Crippen molar-refractivity contribution in [2.45, 2.75) is 38.8 Å². The first-order valence-corrected chi connectivity index (χ1v) is 10.5. The van der Waals surface area contributed by atoms with Crippen molar-refractivity contribution in [3.8, 4) is 17.1 Å². The van der Waals surface area contributed by atoms with Crippen LogP contribution in [0.2, 0.25) is 0 Å². The van der Waals surface area contributed by atoms with Gasteiger partial charge in [0.05, 0.1) is 17.9 Å². The number of likely N-dealkylation sites (tertiary alicyclic amines) is 1. The zero-order valence-corrected chi connectivity index (χ0v) is 17.6. The number of piperidine rings is 1. The second-order valence-corrected chi connectivity index (χ2v) is 8.54. The van der Waals surface area contributed by atoms with E-state index in [1.807, 2.05) is 79.3 Å². The maximum absolute atomic E-state index is 13.6. The molecule has 2 bridgehead atoms. The number of amides is 1. The van der Waals surface area contributed by atoms with Gasteiger partial charge in [-0.3, -0.25) is 9.48 Å². The van der Waals surface area contributed by atoms with Crippen molar-refractivity contribution in [1.82, 2.24) is 19.7 Å². The van der Waals surface area contributed by atoms with Gasteiger partial charge in [-0.05, 0) is 49.8 Å². The SMILES string of the molecule is Cc1ccc(OC2CC3CC2N(C(=O)c2ccccc2-c2c(C)cnn2C)C3)nc1. The molecule has 6 heteroatoms. The van der Waals surface area contributed by atoms with Crippen molar-refractivity contribution >= 4 is 5.91 Å². The standard InChI is InChI=1S/C24H26N4O2/c1-15-8-9-22(25-12-15)30-21-11-17-10-20(21)28(14-17)24(29)19-7-5-4-6-18(19)23-16(2)13-26-27(23)3/h4-9,12-13,17,20-21H,10-11,14H2,1-3H3. The molecule has 2 aliphatic rings. The molecule has 6 nitrogen and oxygen atoms in total. The molecule has 1 aliphatic carbocycles. The van der Waals surface area contributed by atoms with E-state index >= 15 is 0 Å². The number of carbonyl (C=O) groups excluding carboxylic acids is 1. The van der Waals surface area contributed by atoms with Crippen LogP contribution in [0.25, 0.3) is 11.3 Å². The summed E-state index contributed by atoms with van der Waals surface area (Å²) in [6, 6.07) is 11.8. The normalized spacial score (nSPS) is 22.5. The molecule has 2 aromatic heterocycles. The summed E-state index contributed by atoms with van der Waals surface area (Å²) in [5.41, 5.74) is 4.81. The monoisotopic (exact) mass is 402 g/mol. The Kier molecular flexibility index (Phi) is 4.57. The Morgan fingerprint density at radius 1 is 1.10 bits per heavy atom. The van der Waals surface area contributed by atoms with Gasteiger partial charge in [-0.15, -0.1) is 0 Å². The van der Waals surface area contributed by atoms with E-state index in [0.717, 1.165) is 47.3 Å². The third-order valence-corrected chi connectivity index (χ3v) is 6.38. The molecule has 2 fully saturated rings. The molecule has 1 saturated heterocycles. The van der Waals surface area contributed by atoms with E-state index in [0.29, 0.717) is 11.8 Å². The Morgan fingerprint density at radius 2 is 1.93 bits per heavy atom. The summed E-state index contributed by atoms with van der Waals surface area (Å²) >= 11 is 0. The predicted octanol–water partition coefficient (Wildman–Crippen LogP) is 3.78. The maximum Gasteiger partial charge on any atom is 0.254 e. The van der Waals surface area contributed by atoms with Crippen LogP contribution in [-0.2, 0) is 7.05 Å². The van der Waals surface area contributed by atoms with Crippen molar-refractivity contribution in [3.05, 3.63) is 65.5 Å². The quantitative estimate of drug-likeness (QED) is 0.666. The van der Waals surface area contributed by atoms with Gasteiger partial charge in [0.25, 0.3) is 5.91 Å². The lowest BCUT2D eigenvalue weighted by atomic mass is 9.99. The van der Waals surface area contributed by atoms with E-state index in [1.54, 1.807) is 0 Å². The highest BCUT2D eigenvalue weighted by atomic mass is 16.5. The molecule has 1 saturated carbocycles. The molecule has 3 heterocycles. The summed E-state index contributed by atoms with van der Waals surface area (Å²) in [4.78, 5) is 20.0. The molecule has 3 atom stereocenters. The van der Waals surface area contributed by atoms with Gasteiger partial charge >= 0.3 is 0 Å². The number of nitrogens with zero attached hydrogens (tertiary/aromatic N) is 4. The largest absolute Gasteiger partial charge is 0.472 e. The van der Waals surface area contributed by atoms with Gasteiger partial charge in [0, 0.05) is 37.0 Å². The fourth-order valence-electron chi connectivity index (χ4n) is 4.97.